The van der Waals surface area contributed by atoms with Gasteiger partial charge in [0.15, 0.2) is 0 Å². The maximum atomic E-state index is 13.1. The van der Waals surface area contributed by atoms with Crippen molar-refractivity contribution in [2.75, 3.05) is 16.8 Å². The zero-order valence-electron chi connectivity index (χ0n) is 14.7. The Morgan fingerprint density at radius 3 is 2.30 bits per heavy atom. The molecule has 3 aromatic rings. The fourth-order valence-electron chi connectivity index (χ4n) is 3.16. The van der Waals surface area contributed by atoms with Gasteiger partial charge in [-0.3, -0.25) is 9.48 Å². The molecular weight excluding hydrogens is 350 g/mol. The largest absolute Gasteiger partial charge is 0.377 e. The topological polar surface area (TPSA) is 50.2 Å². The molecular formula is C20H18F2N4O. The first-order valence-corrected chi connectivity index (χ1v) is 8.68. The molecule has 1 aromatic heterocycles. The third-order valence-electron chi connectivity index (χ3n) is 4.61. The van der Waals surface area contributed by atoms with Crippen LogP contribution in [0.5, 0.6) is 0 Å². The molecule has 5 nitrogen and oxygen atoms in total. The van der Waals surface area contributed by atoms with Crippen LogP contribution in [0.3, 0.4) is 0 Å². The number of carbonyl (C=O) groups is 1. The van der Waals surface area contributed by atoms with Crippen LogP contribution in [0.2, 0.25) is 0 Å². The van der Waals surface area contributed by atoms with E-state index in [4.69, 9.17) is 0 Å². The molecule has 1 N–H and O–H groups in total. The summed E-state index contributed by atoms with van der Waals surface area (Å²) in [5.74, 6) is -0.797. The molecule has 1 amide bonds. The number of halogens is 2. The van der Waals surface area contributed by atoms with Gasteiger partial charge in [-0.25, -0.2) is 8.78 Å². The predicted molar refractivity (Wildman–Crippen MR) is 98.7 cm³/mol. The van der Waals surface area contributed by atoms with E-state index in [-0.39, 0.29) is 23.6 Å². The van der Waals surface area contributed by atoms with Crippen LogP contribution < -0.4 is 10.2 Å². The normalized spacial score (nSPS) is 14.8. The van der Waals surface area contributed by atoms with Crippen molar-refractivity contribution in [3.05, 3.63) is 77.6 Å². The number of hydrogen-bond donors (Lipinski definition) is 1. The summed E-state index contributed by atoms with van der Waals surface area (Å²) >= 11 is 0. The number of aromatic nitrogens is 2. The SMILES string of the molecule is CC(Nc1ccc(F)cc1)c1cc2n(n1)CCN(c1ccc(F)cc1)C2=O. The molecule has 138 valence electrons. The molecule has 0 spiro atoms. The minimum Gasteiger partial charge on any atom is -0.377 e. The third-order valence-corrected chi connectivity index (χ3v) is 4.61. The number of carbonyl (C=O) groups excluding carboxylic acids is 1. The lowest BCUT2D eigenvalue weighted by atomic mass is 10.2. The number of nitrogens with one attached hydrogen (secondary N) is 1. The van der Waals surface area contributed by atoms with E-state index in [1.54, 1.807) is 39.9 Å². The second-order valence-corrected chi connectivity index (χ2v) is 6.48. The fourth-order valence-corrected chi connectivity index (χ4v) is 3.16. The summed E-state index contributed by atoms with van der Waals surface area (Å²) in [5.41, 5.74) is 2.65. The van der Waals surface area contributed by atoms with Gasteiger partial charge in [0, 0.05) is 17.9 Å². The van der Waals surface area contributed by atoms with Gasteiger partial charge >= 0.3 is 0 Å². The lowest BCUT2D eigenvalue weighted by molar-refractivity contribution is 0.0962. The van der Waals surface area contributed by atoms with E-state index in [1.165, 1.54) is 24.3 Å². The number of nitrogens with zero attached hydrogens (tertiary/aromatic N) is 3. The van der Waals surface area contributed by atoms with E-state index in [9.17, 15) is 13.6 Å². The number of anilines is 2. The zero-order valence-corrected chi connectivity index (χ0v) is 14.7. The monoisotopic (exact) mass is 368 g/mol. The van der Waals surface area contributed by atoms with Crippen LogP contribution in [-0.2, 0) is 6.54 Å². The first kappa shape index (κ1) is 17.2. The minimum absolute atomic E-state index is 0.152. The van der Waals surface area contributed by atoms with Gasteiger partial charge < -0.3 is 10.2 Å². The number of benzene rings is 2. The smallest absolute Gasteiger partial charge is 0.276 e. The molecule has 1 atom stereocenters. The molecule has 1 unspecified atom stereocenters. The summed E-state index contributed by atoms with van der Waals surface area (Å²) in [6, 6.07) is 13.6. The molecule has 7 heteroatoms. The molecule has 0 fully saturated rings. The Morgan fingerprint density at radius 2 is 1.63 bits per heavy atom. The van der Waals surface area contributed by atoms with Crippen molar-refractivity contribution in [2.24, 2.45) is 0 Å². The average molecular weight is 368 g/mol. The predicted octanol–water partition coefficient (Wildman–Crippen LogP) is 3.99. The standard InChI is InChI=1S/C20H18F2N4O/c1-13(23-16-6-2-14(21)3-7-16)18-12-19-20(27)25(10-11-26(19)24-18)17-8-4-15(22)5-9-17/h2-9,12-13,23H,10-11H2,1H3. The first-order valence-electron chi connectivity index (χ1n) is 8.68. The number of amides is 1. The van der Waals surface area contributed by atoms with Crippen molar-refractivity contribution in [2.45, 2.75) is 19.5 Å². The number of rotatable bonds is 4. The molecule has 27 heavy (non-hydrogen) atoms. The Kier molecular flexibility index (Phi) is 4.35. The summed E-state index contributed by atoms with van der Waals surface area (Å²) in [6.07, 6.45) is 0. The second-order valence-electron chi connectivity index (χ2n) is 6.48. The van der Waals surface area contributed by atoms with Crippen molar-refractivity contribution in [3.8, 4) is 0 Å². The Balaban J connectivity index is 1.54. The molecule has 0 bridgehead atoms. The van der Waals surface area contributed by atoms with Crippen LogP contribution in [0.4, 0.5) is 20.2 Å². The highest BCUT2D eigenvalue weighted by atomic mass is 19.1. The number of fused-ring (bicyclic) bond motifs is 1. The summed E-state index contributed by atoms with van der Waals surface area (Å²) in [6.45, 7) is 2.96. The lowest BCUT2D eigenvalue weighted by Gasteiger charge is -2.27. The van der Waals surface area contributed by atoms with Gasteiger partial charge in [0.05, 0.1) is 18.3 Å². The third kappa shape index (κ3) is 3.40. The summed E-state index contributed by atoms with van der Waals surface area (Å²) in [5, 5.41) is 7.78. The van der Waals surface area contributed by atoms with E-state index in [0.29, 0.717) is 24.5 Å². The van der Waals surface area contributed by atoms with Crippen LogP contribution >= 0.6 is 0 Å². The highest BCUT2D eigenvalue weighted by Gasteiger charge is 2.28. The van der Waals surface area contributed by atoms with Crippen LogP contribution in [-0.4, -0.2) is 22.2 Å². The molecule has 0 radical (unpaired) electrons. The molecule has 0 saturated carbocycles. The van der Waals surface area contributed by atoms with E-state index >= 15 is 0 Å². The van der Waals surface area contributed by atoms with Gasteiger partial charge in [-0.2, -0.15) is 5.10 Å². The van der Waals surface area contributed by atoms with Crippen molar-refractivity contribution in [3.63, 3.8) is 0 Å². The average Bonchev–Trinajstić information content (AvgIpc) is 3.10. The van der Waals surface area contributed by atoms with Crippen LogP contribution in [0, 0.1) is 11.6 Å². The summed E-state index contributed by atoms with van der Waals surface area (Å²) in [4.78, 5) is 14.5. The Labute approximate surface area is 155 Å². The Bertz CT molecular complexity index is 967. The van der Waals surface area contributed by atoms with Crippen LogP contribution in [0.15, 0.2) is 54.6 Å². The lowest BCUT2D eigenvalue weighted by Crippen LogP contribution is -2.40. The van der Waals surface area contributed by atoms with Gasteiger partial charge in [0.2, 0.25) is 0 Å². The van der Waals surface area contributed by atoms with Crippen LogP contribution in [0.1, 0.15) is 29.1 Å². The van der Waals surface area contributed by atoms with Gasteiger partial charge in [0.1, 0.15) is 17.3 Å². The molecule has 0 aliphatic carbocycles. The zero-order chi connectivity index (χ0) is 19.0. The van der Waals surface area contributed by atoms with Gasteiger partial charge in [-0.15, -0.1) is 0 Å². The van der Waals surface area contributed by atoms with E-state index in [0.717, 1.165) is 11.4 Å². The van der Waals surface area contributed by atoms with Gasteiger partial charge in [-0.1, -0.05) is 0 Å². The van der Waals surface area contributed by atoms with E-state index < -0.39 is 0 Å². The van der Waals surface area contributed by atoms with E-state index in [2.05, 4.69) is 10.4 Å². The number of hydrogen-bond acceptors (Lipinski definition) is 3. The molecule has 2 heterocycles. The minimum atomic E-state index is -0.337. The molecule has 0 saturated heterocycles. The second kappa shape index (κ2) is 6.83. The maximum Gasteiger partial charge on any atom is 0.276 e. The van der Waals surface area contributed by atoms with Crippen LogP contribution in [0.25, 0.3) is 0 Å². The molecule has 1 aliphatic heterocycles. The quantitative estimate of drug-likeness (QED) is 0.757. The first-order chi connectivity index (χ1) is 13.0. The maximum absolute atomic E-state index is 13.1. The van der Waals surface area contributed by atoms with Crippen molar-refractivity contribution >= 4 is 17.3 Å². The Morgan fingerprint density at radius 1 is 1.00 bits per heavy atom. The Hall–Kier alpha value is -3.22. The van der Waals surface area contributed by atoms with Crippen molar-refractivity contribution in [1.29, 1.82) is 0 Å². The van der Waals surface area contributed by atoms with Crippen molar-refractivity contribution in [1.82, 2.24) is 9.78 Å². The highest BCUT2D eigenvalue weighted by molar-refractivity contribution is 6.05. The van der Waals surface area contributed by atoms with Crippen molar-refractivity contribution < 1.29 is 13.6 Å². The van der Waals surface area contributed by atoms with Gasteiger partial charge in [-0.05, 0) is 61.5 Å². The highest BCUT2D eigenvalue weighted by Crippen LogP contribution is 2.25. The van der Waals surface area contributed by atoms with E-state index in [1.807, 2.05) is 6.92 Å². The molecule has 2 aromatic carbocycles. The summed E-state index contributed by atoms with van der Waals surface area (Å²) in [7, 11) is 0. The molecule has 1 aliphatic rings. The fraction of sp³-hybridized carbons (Fsp3) is 0.200. The molecule has 4 rings (SSSR count). The summed E-state index contributed by atoms with van der Waals surface area (Å²) < 4.78 is 27.9. The van der Waals surface area contributed by atoms with Gasteiger partial charge in [0.25, 0.3) is 5.91 Å².